The average molecular weight is 327 g/mol. The number of rotatable bonds is 0. The largest absolute Gasteiger partial charge is 0.0930 e. The third-order valence-electron chi connectivity index (χ3n) is 0. The molecule has 0 amide bonds. The van der Waals surface area contributed by atoms with Crippen LogP contribution in [0, 0.1) is 46.9 Å². The molecule has 0 aliphatic rings. The van der Waals surface area contributed by atoms with Gasteiger partial charge in [-0.25, -0.2) is 0 Å². The molecule has 0 aromatic rings. The molecular formula is C2H3IYb. The normalized spacial score (nSPS) is 3.25. The van der Waals surface area contributed by atoms with E-state index in [1.165, 1.54) is 0 Å². The van der Waals surface area contributed by atoms with Gasteiger partial charge in [0, 0.05) is 46.9 Å². The fourth-order valence-electron chi connectivity index (χ4n) is 0. The second-order valence-corrected chi connectivity index (χ2v) is 1.04. The van der Waals surface area contributed by atoms with E-state index in [2.05, 4.69) is 29.2 Å². The van der Waals surface area contributed by atoms with Crippen LogP contribution in [0.2, 0.25) is 0 Å². The third kappa shape index (κ3) is 9.01. The van der Waals surface area contributed by atoms with Crippen LogP contribution in [0.5, 0.6) is 0 Å². The summed E-state index contributed by atoms with van der Waals surface area (Å²) in [5.41, 5.74) is 0. The number of hydrogen-bond acceptors (Lipinski definition) is 0. The van der Waals surface area contributed by atoms with Crippen molar-refractivity contribution in [2.24, 2.45) is 0 Å². The zero-order chi connectivity index (χ0) is 2.71. The van der Waals surface area contributed by atoms with Crippen molar-refractivity contribution in [1.82, 2.24) is 0 Å². The van der Waals surface area contributed by atoms with Gasteiger partial charge < -0.3 is 0 Å². The Bertz CT molecular complexity index is 13.5. The SMILES string of the molecule is C=CI.[Yb]. The summed E-state index contributed by atoms with van der Waals surface area (Å²) in [7, 11) is 0. The Morgan fingerprint density at radius 1 is 1.75 bits per heavy atom. The van der Waals surface area contributed by atoms with Gasteiger partial charge in [-0.05, 0) is 4.08 Å². The van der Waals surface area contributed by atoms with E-state index < -0.39 is 0 Å². The first-order valence-electron chi connectivity index (χ1n) is 0.626. The van der Waals surface area contributed by atoms with Gasteiger partial charge in [-0.15, -0.1) is 0 Å². The van der Waals surface area contributed by atoms with Crippen LogP contribution in [-0.4, -0.2) is 0 Å². The summed E-state index contributed by atoms with van der Waals surface area (Å²) in [6.45, 7) is 3.35. The number of hydrogen-bond donors (Lipinski definition) is 0. The summed E-state index contributed by atoms with van der Waals surface area (Å²) >= 11 is 2.05. The minimum Gasteiger partial charge on any atom is -0.0930 e. The van der Waals surface area contributed by atoms with Crippen LogP contribution >= 0.6 is 22.6 Å². The Labute approximate surface area is 78.4 Å². The maximum absolute atomic E-state index is 3.35. The maximum Gasteiger partial charge on any atom is 0 e. The second kappa shape index (κ2) is 8.89. The molecule has 0 saturated carbocycles. The predicted octanol–water partition coefficient (Wildman–Crippen LogP) is 1.56. The van der Waals surface area contributed by atoms with Gasteiger partial charge in [0.1, 0.15) is 0 Å². The summed E-state index contributed by atoms with van der Waals surface area (Å²) in [4.78, 5) is 0. The standard InChI is InChI=1S/C2H3I.Yb/c1-2-3;/h2H,1H2;. The molecule has 4 heavy (non-hydrogen) atoms. The Kier molecular flexibility index (Phi) is 20.8. The van der Waals surface area contributed by atoms with E-state index >= 15 is 0 Å². The van der Waals surface area contributed by atoms with Gasteiger partial charge >= 0.3 is 0 Å². The van der Waals surface area contributed by atoms with Crippen LogP contribution in [0.15, 0.2) is 10.7 Å². The minimum atomic E-state index is 0. The van der Waals surface area contributed by atoms with Gasteiger partial charge in [0.25, 0.3) is 0 Å². The van der Waals surface area contributed by atoms with Crippen molar-refractivity contribution in [1.29, 1.82) is 0 Å². The first kappa shape index (κ1) is 9.37. The minimum absolute atomic E-state index is 0. The summed E-state index contributed by atoms with van der Waals surface area (Å²) in [5.74, 6) is 0. The van der Waals surface area contributed by atoms with Gasteiger partial charge in [-0.2, -0.15) is 0 Å². The fraction of sp³-hybridized carbons (Fsp3) is 0. The Balaban J connectivity index is 0. The van der Waals surface area contributed by atoms with Gasteiger partial charge in [-0.1, -0.05) is 29.2 Å². The molecule has 0 radical (unpaired) electrons. The third-order valence-corrected chi connectivity index (χ3v) is 0. The predicted molar refractivity (Wildman–Crippen MR) is 24.2 cm³/mol. The molecule has 0 spiro atoms. The van der Waals surface area contributed by atoms with Crippen LogP contribution < -0.4 is 0 Å². The summed E-state index contributed by atoms with van der Waals surface area (Å²) in [5, 5.41) is 0. The molecule has 0 N–H and O–H groups in total. The molecule has 0 bridgehead atoms. The molecule has 0 aliphatic carbocycles. The molecule has 0 unspecified atom stereocenters. The molecule has 0 aliphatic heterocycles. The van der Waals surface area contributed by atoms with E-state index in [9.17, 15) is 0 Å². The molecule has 0 atom stereocenters. The zero-order valence-corrected chi connectivity index (χ0v) is 5.80. The van der Waals surface area contributed by atoms with Crippen LogP contribution in [0.1, 0.15) is 0 Å². The van der Waals surface area contributed by atoms with E-state index in [0.717, 1.165) is 0 Å². The van der Waals surface area contributed by atoms with Gasteiger partial charge in [-0.3, -0.25) is 0 Å². The van der Waals surface area contributed by atoms with Crippen molar-refractivity contribution in [2.75, 3.05) is 0 Å². The first-order chi connectivity index (χ1) is 1.41. The molecule has 0 aromatic heterocycles. The van der Waals surface area contributed by atoms with Crippen LogP contribution in [-0.2, 0) is 0 Å². The van der Waals surface area contributed by atoms with Crippen molar-refractivity contribution in [3.05, 3.63) is 10.7 Å². The van der Waals surface area contributed by atoms with Gasteiger partial charge in [0.15, 0.2) is 0 Å². The maximum atomic E-state index is 3.35. The molecule has 0 fully saturated rings. The van der Waals surface area contributed by atoms with Crippen LogP contribution in [0.3, 0.4) is 0 Å². The molecule has 0 saturated heterocycles. The van der Waals surface area contributed by atoms with E-state index in [1.807, 2.05) is 0 Å². The van der Waals surface area contributed by atoms with Crippen molar-refractivity contribution >= 4 is 22.6 Å². The summed E-state index contributed by atoms with van der Waals surface area (Å²) in [6.07, 6.45) is 0. The van der Waals surface area contributed by atoms with Crippen molar-refractivity contribution < 1.29 is 46.9 Å². The summed E-state index contributed by atoms with van der Waals surface area (Å²) in [6, 6.07) is 0. The molecule has 0 rings (SSSR count). The van der Waals surface area contributed by atoms with Crippen LogP contribution in [0.25, 0.3) is 0 Å². The van der Waals surface area contributed by atoms with Gasteiger partial charge in [0.2, 0.25) is 0 Å². The molecule has 0 aromatic carbocycles. The van der Waals surface area contributed by atoms with Gasteiger partial charge in [0.05, 0.1) is 0 Å². The molecule has 0 nitrogen and oxygen atoms in total. The molecule has 32 valence electrons. The van der Waals surface area contributed by atoms with E-state index in [-0.39, 0.29) is 46.9 Å². The van der Waals surface area contributed by atoms with E-state index in [0.29, 0.717) is 0 Å². The Morgan fingerprint density at radius 2 is 1.75 bits per heavy atom. The summed E-state index contributed by atoms with van der Waals surface area (Å²) < 4.78 is 1.72. The quantitative estimate of drug-likeness (QED) is 0.593. The first-order valence-corrected chi connectivity index (χ1v) is 1.87. The Hall–Kier alpha value is 1.99. The van der Waals surface area contributed by atoms with E-state index in [4.69, 9.17) is 0 Å². The van der Waals surface area contributed by atoms with Crippen molar-refractivity contribution in [3.8, 4) is 0 Å². The van der Waals surface area contributed by atoms with Crippen molar-refractivity contribution in [2.45, 2.75) is 0 Å². The van der Waals surface area contributed by atoms with Crippen molar-refractivity contribution in [3.63, 3.8) is 0 Å². The van der Waals surface area contributed by atoms with Crippen LogP contribution in [0.4, 0.5) is 0 Å². The molecule has 0 heterocycles. The smallest absolute Gasteiger partial charge is 0 e. The fourth-order valence-corrected chi connectivity index (χ4v) is 0. The second-order valence-electron chi connectivity index (χ2n) is 0.154. The Morgan fingerprint density at radius 3 is 1.75 bits per heavy atom. The van der Waals surface area contributed by atoms with E-state index in [1.54, 1.807) is 4.08 Å². The molecule has 2 heteroatoms. The number of halogens is 1. The zero-order valence-electron chi connectivity index (χ0n) is 1.93. The topological polar surface area (TPSA) is 0 Å². The molecular weight excluding hydrogens is 324 g/mol. The monoisotopic (exact) mass is 328 g/mol. The average Bonchev–Trinajstić information content (AvgIpc) is 0.918.